The second-order valence-electron chi connectivity index (χ2n) is 7.59. The van der Waals surface area contributed by atoms with Crippen LogP contribution in [0, 0.1) is 0 Å². The minimum absolute atomic E-state index is 0. The van der Waals surface area contributed by atoms with Gasteiger partial charge in [0.1, 0.15) is 5.75 Å². The van der Waals surface area contributed by atoms with Crippen LogP contribution in [0.1, 0.15) is 23.7 Å². The molecule has 0 aliphatic heterocycles. The molecule has 186 valence electrons. The Hall–Kier alpha value is -2.75. The molecule has 0 unspecified atom stereocenters. The van der Waals surface area contributed by atoms with Gasteiger partial charge in [0.15, 0.2) is 16.6 Å². The van der Waals surface area contributed by atoms with Crippen molar-refractivity contribution in [3.8, 4) is 23.0 Å². The Morgan fingerprint density at radius 1 is 1.00 bits per heavy atom. The summed E-state index contributed by atoms with van der Waals surface area (Å²) >= 11 is 1.47. The van der Waals surface area contributed by atoms with E-state index >= 15 is 0 Å². The van der Waals surface area contributed by atoms with Crippen molar-refractivity contribution in [1.29, 1.82) is 0 Å². The SMILES string of the molecule is CCOc1ccc2nc(N(CCCN(C)C)C(=O)c3cc(OC)c(OC)c(OC)c3)sc2c1.Cl. The maximum atomic E-state index is 13.7. The monoisotopic (exact) mass is 509 g/mol. The summed E-state index contributed by atoms with van der Waals surface area (Å²) in [6, 6.07) is 9.11. The van der Waals surface area contributed by atoms with Crippen molar-refractivity contribution >= 4 is 45.0 Å². The largest absolute Gasteiger partial charge is 0.494 e. The van der Waals surface area contributed by atoms with Crippen LogP contribution >= 0.6 is 23.7 Å². The van der Waals surface area contributed by atoms with Crippen LogP contribution in [0.25, 0.3) is 10.2 Å². The molecule has 0 saturated carbocycles. The minimum Gasteiger partial charge on any atom is -0.494 e. The van der Waals surface area contributed by atoms with Crippen molar-refractivity contribution in [1.82, 2.24) is 9.88 Å². The van der Waals surface area contributed by atoms with E-state index in [0.717, 1.165) is 28.9 Å². The number of ether oxygens (including phenoxy) is 4. The first-order valence-corrected chi connectivity index (χ1v) is 11.5. The van der Waals surface area contributed by atoms with Gasteiger partial charge in [-0.05, 0) is 64.3 Å². The number of fused-ring (bicyclic) bond motifs is 1. The molecular formula is C24H32ClN3O5S. The standard InChI is InChI=1S/C24H31N3O5S.ClH/c1-7-32-17-9-10-18-21(15-17)33-24(25-18)27(12-8-11-26(2)3)23(28)16-13-19(29-4)22(31-6)20(14-16)30-5;/h9-10,13-15H,7-8,11-12H2,1-6H3;1H. The number of amides is 1. The highest BCUT2D eigenvalue weighted by atomic mass is 35.5. The van der Waals surface area contributed by atoms with Gasteiger partial charge in [-0.2, -0.15) is 0 Å². The molecular weight excluding hydrogens is 478 g/mol. The summed E-state index contributed by atoms with van der Waals surface area (Å²) in [6.45, 7) is 3.91. The average molecular weight is 510 g/mol. The van der Waals surface area contributed by atoms with E-state index in [1.807, 2.05) is 39.2 Å². The molecule has 0 spiro atoms. The zero-order valence-electron chi connectivity index (χ0n) is 20.4. The van der Waals surface area contributed by atoms with Crippen LogP contribution in [0.5, 0.6) is 23.0 Å². The molecule has 1 aromatic heterocycles. The van der Waals surface area contributed by atoms with Gasteiger partial charge in [0.2, 0.25) is 5.75 Å². The summed E-state index contributed by atoms with van der Waals surface area (Å²) in [5.41, 5.74) is 1.26. The van der Waals surface area contributed by atoms with Crippen LogP contribution in [0.15, 0.2) is 30.3 Å². The molecule has 2 aromatic carbocycles. The molecule has 0 bridgehead atoms. The van der Waals surface area contributed by atoms with Crippen LogP contribution in [-0.4, -0.2) is 70.9 Å². The lowest BCUT2D eigenvalue weighted by atomic mass is 10.1. The van der Waals surface area contributed by atoms with Gasteiger partial charge in [-0.15, -0.1) is 12.4 Å². The fourth-order valence-electron chi connectivity index (χ4n) is 3.45. The summed E-state index contributed by atoms with van der Waals surface area (Å²) < 4.78 is 22.9. The van der Waals surface area contributed by atoms with Crippen LogP contribution < -0.4 is 23.8 Å². The molecule has 0 fully saturated rings. The number of halogens is 1. The summed E-state index contributed by atoms with van der Waals surface area (Å²) in [7, 11) is 8.62. The second-order valence-corrected chi connectivity index (χ2v) is 8.60. The van der Waals surface area contributed by atoms with E-state index in [4.69, 9.17) is 23.9 Å². The van der Waals surface area contributed by atoms with Crippen LogP contribution in [-0.2, 0) is 0 Å². The third kappa shape index (κ3) is 6.22. The van der Waals surface area contributed by atoms with E-state index in [0.29, 0.717) is 41.1 Å². The number of nitrogens with zero attached hydrogens (tertiary/aromatic N) is 3. The zero-order chi connectivity index (χ0) is 24.0. The predicted molar refractivity (Wildman–Crippen MR) is 139 cm³/mol. The Labute approximate surface area is 210 Å². The van der Waals surface area contributed by atoms with E-state index in [1.165, 1.54) is 32.7 Å². The highest BCUT2D eigenvalue weighted by molar-refractivity contribution is 7.22. The molecule has 3 rings (SSSR count). The third-order valence-electron chi connectivity index (χ3n) is 5.03. The van der Waals surface area contributed by atoms with Gasteiger partial charge in [0, 0.05) is 12.1 Å². The maximum absolute atomic E-state index is 13.7. The molecule has 10 heteroatoms. The summed E-state index contributed by atoms with van der Waals surface area (Å²) in [4.78, 5) is 22.3. The normalized spacial score (nSPS) is 10.7. The Balaban J connectivity index is 0.00000408. The number of anilines is 1. The van der Waals surface area contributed by atoms with Gasteiger partial charge in [-0.25, -0.2) is 4.98 Å². The molecule has 0 atom stereocenters. The Bertz CT molecular complexity index is 1080. The van der Waals surface area contributed by atoms with E-state index in [9.17, 15) is 4.79 Å². The van der Waals surface area contributed by atoms with Gasteiger partial charge in [-0.3, -0.25) is 9.69 Å². The number of thiazole rings is 1. The average Bonchev–Trinajstić information content (AvgIpc) is 3.23. The Morgan fingerprint density at radius 2 is 1.68 bits per heavy atom. The highest BCUT2D eigenvalue weighted by Crippen LogP contribution is 2.39. The van der Waals surface area contributed by atoms with E-state index in [2.05, 4.69) is 4.90 Å². The smallest absolute Gasteiger partial charge is 0.260 e. The molecule has 8 nitrogen and oxygen atoms in total. The van der Waals surface area contributed by atoms with Crippen molar-refractivity contribution in [2.24, 2.45) is 0 Å². The van der Waals surface area contributed by atoms with Gasteiger partial charge in [0.25, 0.3) is 5.91 Å². The lowest BCUT2D eigenvalue weighted by molar-refractivity contribution is 0.0985. The zero-order valence-corrected chi connectivity index (χ0v) is 22.0. The van der Waals surface area contributed by atoms with Crippen molar-refractivity contribution in [2.45, 2.75) is 13.3 Å². The fraction of sp³-hybridized carbons (Fsp3) is 0.417. The first-order valence-electron chi connectivity index (χ1n) is 10.7. The summed E-state index contributed by atoms with van der Waals surface area (Å²) in [5, 5.41) is 0.635. The van der Waals surface area contributed by atoms with Crippen molar-refractivity contribution in [3.05, 3.63) is 35.9 Å². The molecule has 1 heterocycles. The third-order valence-corrected chi connectivity index (χ3v) is 6.08. The number of rotatable bonds is 11. The van der Waals surface area contributed by atoms with Gasteiger partial charge in [-0.1, -0.05) is 11.3 Å². The number of carbonyl (C=O) groups is 1. The quantitative estimate of drug-likeness (QED) is 0.369. The number of carbonyl (C=O) groups excluding carboxylic acids is 1. The molecule has 0 radical (unpaired) electrons. The summed E-state index contributed by atoms with van der Waals surface area (Å²) in [5.74, 6) is 1.91. The van der Waals surface area contributed by atoms with Crippen molar-refractivity contribution in [3.63, 3.8) is 0 Å². The van der Waals surface area contributed by atoms with Crippen LogP contribution in [0.2, 0.25) is 0 Å². The first-order chi connectivity index (χ1) is 15.9. The number of benzene rings is 2. The van der Waals surface area contributed by atoms with Crippen molar-refractivity contribution in [2.75, 3.05) is 60.0 Å². The molecule has 0 aliphatic rings. The lowest BCUT2D eigenvalue weighted by Gasteiger charge is -2.22. The Kier molecular flexibility index (Phi) is 10.2. The maximum Gasteiger partial charge on any atom is 0.260 e. The van der Waals surface area contributed by atoms with E-state index in [-0.39, 0.29) is 18.3 Å². The lowest BCUT2D eigenvalue weighted by Crippen LogP contribution is -2.33. The van der Waals surface area contributed by atoms with Crippen LogP contribution in [0.3, 0.4) is 0 Å². The fourth-order valence-corrected chi connectivity index (χ4v) is 4.47. The first kappa shape index (κ1) is 27.5. The van der Waals surface area contributed by atoms with Gasteiger partial charge in [0.05, 0.1) is 38.2 Å². The number of hydrogen-bond donors (Lipinski definition) is 0. The number of hydrogen-bond acceptors (Lipinski definition) is 8. The highest BCUT2D eigenvalue weighted by Gasteiger charge is 2.24. The molecule has 0 saturated heterocycles. The van der Waals surface area contributed by atoms with Crippen LogP contribution in [0.4, 0.5) is 5.13 Å². The molecule has 0 N–H and O–H groups in total. The summed E-state index contributed by atoms with van der Waals surface area (Å²) in [6.07, 6.45) is 0.795. The van der Waals surface area contributed by atoms with E-state index < -0.39 is 0 Å². The van der Waals surface area contributed by atoms with Gasteiger partial charge >= 0.3 is 0 Å². The minimum atomic E-state index is -0.183. The topological polar surface area (TPSA) is 73.4 Å². The molecule has 34 heavy (non-hydrogen) atoms. The molecule has 3 aromatic rings. The van der Waals surface area contributed by atoms with Crippen molar-refractivity contribution < 1.29 is 23.7 Å². The van der Waals surface area contributed by atoms with Gasteiger partial charge < -0.3 is 23.8 Å². The van der Waals surface area contributed by atoms with E-state index in [1.54, 1.807) is 17.0 Å². The number of methoxy groups -OCH3 is 3. The molecule has 0 aliphatic carbocycles. The Morgan fingerprint density at radius 3 is 2.24 bits per heavy atom. The predicted octanol–water partition coefficient (Wildman–Crippen LogP) is 4.74. The number of aromatic nitrogens is 1. The second kappa shape index (κ2) is 12.6. The molecule has 1 amide bonds.